The molecule has 5 fully saturated rings. The third-order valence-electron chi connectivity index (χ3n) is 14.4. The molecule has 0 spiro atoms. The predicted molar refractivity (Wildman–Crippen MR) is 188 cm³/mol. The van der Waals surface area contributed by atoms with Crippen molar-refractivity contribution in [2.75, 3.05) is 13.2 Å². The zero-order valence-corrected chi connectivity index (χ0v) is 31.9. The Morgan fingerprint density at radius 2 is 1.29 bits per heavy atom. The van der Waals surface area contributed by atoms with E-state index in [9.17, 15) is 50.8 Å². The molecule has 3 saturated heterocycles. The van der Waals surface area contributed by atoms with Gasteiger partial charge in [0.25, 0.3) is 0 Å². The number of carbonyl (C=O) groups is 1. The molecule has 0 bridgehead atoms. The lowest BCUT2D eigenvalue weighted by atomic mass is 9.47. The minimum Gasteiger partial charge on any atom is -0.394 e. The summed E-state index contributed by atoms with van der Waals surface area (Å²) in [5.74, 6) is 1.45. The number of carbonyl (C=O) groups excluding carboxylic acids is 1. The summed E-state index contributed by atoms with van der Waals surface area (Å²) in [6.45, 7) is 6.31. The molecule has 16 heteroatoms. The van der Waals surface area contributed by atoms with Crippen LogP contribution < -0.4 is 0 Å². The third kappa shape index (κ3) is 7.20. The monoisotopic (exact) mass is 784 g/mol. The molecule has 0 aromatic heterocycles. The molecule has 7 aliphatic rings. The molecule has 3 heterocycles. The van der Waals surface area contributed by atoms with Crippen LogP contribution in [0.1, 0.15) is 72.6 Å². The fourth-order valence-electron chi connectivity index (χ4n) is 11.1. The summed E-state index contributed by atoms with van der Waals surface area (Å²) in [6.07, 6.45) is -13.4. The van der Waals surface area contributed by atoms with Gasteiger partial charge >= 0.3 is 0 Å². The summed E-state index contributed by atoms with van der Waals surface area (Å²) in [5.41, 5.74) is 2.05. The van der Waals surface area contributed by atoms with Crippen molar-refractivity contribution in [2.45, 2.75) is 171 Å². The van der Waals surface area contributed by atoms with Gasteiger partial charge in [0.1, 0.15) is 67.1 Å². The maximum Gasteiger partial charge on any atom is 0.187 e. The lowest BCUT2D eigenvalue weighted by Gasteiger charge is -2.58. The van der Waals surface area contributed by atoms with Crippen LogP contribution in [0.5, 0.6) is 0 Å². The Morgan fingerprint density at radius 3 is 1.96 bits per heavy atom. The van der Waals surface area contributed by atoms with Crippen LogP contribution in [0, 0.1) is 28.6 Å². The Morgan fingerprint density at radius 1 is 0.691 bits per heavy atom. The Labute approximate surface area is 320 Å². The standard InChI is InChI=1S/C39H60O16/c1-16(42)21-7-8-22-20-6-5-18-13-19(9-11-38(18,3)23(20)10-12-39(21,22)4)51-37-34(55-35-31(48)29(46)26(43)17(2)50-35)33(28(45)25(15-41)53-37)54-36-32(49)30(47)27(44)24(14-40)52-36/h5,7,17,19-20,22-37,40-41,43-49H,6,8-15H2,1-4H3. The van der Waals surface area contributed by atoms with E-state index < -0.39 is 111 Å². The normalized spacial score (nSPS) is 52.7. The molecule has 7 rings (SSSR count). The van der Waals surface area contributed by atoms with Gasteiger partial charge in [0.15, 0.2) is 24.7 Å². The number of aliphatic hydroxyl groups excluding tert-OH is 9. The van der Waals surface area contributed by atoms with Crippen LogP contribution in [0.2, 0.25) is 0 Å². The van der Waals surface area contributed by atoms with Crippen molar-refractivity contribution in [2.24, 2.45) is 28.6 Å². The SMILES string of the molecule is CC(=O)C1=CCC2C3CC=C4CC(OC5OC(CO)C(O)C(OC6OC(CO)C(O)C(O)C6O)C5OC5OC(C)C(O)C(O)C5O)CCC4(C)C3CCC12C. The Bertz CT molecular complexity index is 1460. The highest BCUT2D eigenvalue weighted by Crippen LogP contribution is 2.65. The topological polar surface area (TPSA) is 255 Å². The Balaban J connectivity index is 1.14. The van der Waals surface area contributed by atoms with Gasteiger partial charge in [0, 0.05) is 0 Å². The van der Waals surface area contributed by atoms with Gasteiger partial charge < -0.3 is 74.4 Å². The van der Waals surface area contributed by atoms with Crippen LogP contribution in [-0.4, -0.2) is 163 Å². The first kappa shape index (κ1) is 41.7. The third-order valence-corrected chi connectivity index (χ3v) is 14.4. The van der Waals surface area contributed by atoms with Crippen molar-refractivity contribution in [3.8, 4) is 0 Å². The lowest BCUT2D eigenvalue weighted by Crippen LogP contribution is -2.67. The molecule has 312 valence electrons. The van der Waals surface area contributed by atoms with Crippen LogP contribution in [0.4, 0.5) is 0 Å². The highest BCUT2D eigenvalue weighted by atomic mass is 16.8. The summed E-state index contributed by atoms with van der Waals surface area (Å²) in [6, 6.07) is 0. The number of ether oxygens (including phenoxy) is 6. The zero-order chi connectivity index (χ0) is 39.7. The molecule has 21 unspecified atom stereocenters. The summed E-state index contributed by atoms with van der Waals surface area (Å²) >= 11 is 0. The Hall–Kier alpha value is -1.45. The van der Waals surface area contributed by atoms with E-state index >= 15 is 0 Å². The second-order valence-corrected chi connectivity index (χ2v) is 17.4. The number of ketones is 1. The number of allylic oxidation sites excluding steroid dienone is 3. The van der Waals surface area contributed by atoms with Crippen molar-refractivity contribution in [3.05, 3.63) is 23.3 Å². The number of fused-ring (bicyclic) bond motifs is 5. The Kier molecular flexibility index (Phi) is 12.1. The van der Waals surface area contributed by atoms with Crippen molar-refractivity contribution >= 4 is 5.78 Å². The van der Waals surface area contributed by atoms with Crippen LogP contribution in [0.25, 0.3) is 0 Å². The van der Waals surface area contributed by atoms with Crippen LogP contribution in [0.3, 0.4) is 0 Å². The fourth-order valence-corrected chi connectivity index (χ4v) is 11.1. The van der Waals surface area contributed by atoms with E-state index in [0.29, 0.717) is 30.6 Å². The van der Waals surface area contributed by atoms with E-state index in [1.54, 1.807) is 6.92 Å². The number of rotatable bonds is 9. The van der Waals surface area contributed by atoms with Gasteiger partial charge in [0.05, 0.1) is 25.4 Å². The average molecular weight is 785 g/mol. The summed E-state index contributed by atoms with van der Waals surface area (Å²) in [4.78, 5) is 12.6. The molecule has 16 nitrogen and oxygen atoms in total. The average Bonchev–Trinajstić information content (AvgIpc) is 3.52. The van der Waals surface area contributed by atoms with Crippen molar-refractivity contribution in [1.29, 1.82) is 0 Å². The van der Waals surface area contributed by atoms with E-state index in [-0.39, 0.29) is 16.6 Å². The molecular formula is C39H60O16. The van der Waals surface area contributed by atoms with Crippen molar-refractivity contribution in [3.63, 3.8) is 0 Å². The minimum atomic E-state index is -1.85. The maximum absolute atomic E-state index is 12.6. The summed E-state index contributed by atoms with van der Waals surface area (Å²) < 4.78 is 36.3. The van der Waals surface area contributed by atoms with Gasteiger partial charge in [-0.3, -0.25) is 4.79 Å². The minimum absolute atomic E-state index is 0.0852. The van der Waals surface area contributed by atoms with Gasteiger partial charge in [-0.2, -0.15) is 0 Å². The molecule has 55 heavy (non-hydrogen) atoms. The van der Waals surface area contributed by atoms with E-state index in [1.807, 2.05) is 0 Å². The lowest BCUT2D eigenvalue weighted by molar-refractivity contribution is -0.394. The van der Waals surface area contributed by atoms with Crippen LogP contribution >= 0.6 is 0 Å². The van der Waals surface area contributed by atoms with E-state index in [0.717, 1.165) is 37.7 Å². The quantitative estimate of drug-likeness (QED) is 0.126. The molecular weight excluding hydrogens is 724 g/mol. The predicted octanol–water partition coefficient (Wildman–Crippen LogP) is -1.06. The van der Waals surface area contributed by atoms with Gasteiger partial charge in [0.2, 0.25) is 0 Å². The number of hydrogen-bond donors (Lipinski definition) is 9. The van der Waals surface area contributed by atoms with Gasteiger partial charge in [-0.05, 0) is 93.0 Å². The zero-order valence-electron chi connectivity index (χ0n) is 31.9. The smallest absolute Gasteiger partial charge is 0.187 e. The first-order valence-corrected chi connectivity index (χ1v) is 19.9. The highest BCUT2D eigenvalue weighted by Gasteiger charge is 2.59. The second-order valence-electron chi connectivity index (χ2n) is 17.4. The number of hydrogen-bond acceptors (Lipinski definition) is 16. The second kappa shape index (κ2) is 16.0. The van der Waals surface area contributed by atoms with Crippen LogP contribution in [0.15, 0.2) is 23.3 Å². The molecule has 0 aromatic carbocycles. The first-order valence-electron chi connectivity index (χ1n) is 19.9. The highest BCUT2D eigenvalue weighted by molar-refractivity contribution is 5.95. The molecule has 0 aromatic rings. The van der Waals surface area contributed by atoms with Gasteiger partial charge in [-0.25, -0.2) is 0 Å². The molecule has 4 aliphatic carbocycles. The number of aliphatic hydroxyl groups is 9. The van der Waals surface area contributed by atoms with Crippen LogP contribution in [-0.2, 0) is 33.2 Å². The van der Waals surface area contributed by atoms with Gasteiger partial charge in [-0.1, -0.05) is 31.6 Å². The first-order chi connectivity index (χ1) is 26.0. The van der Waals surface area contributed by atoms with Crippen molar-refractivity contribution < 1.29 is 79.2 Å². The summed E-state index contributed by atoms with van der Waals surface area (Å²) in [7, 11) is 0. The molecule has 9 N–H and O–H groups in total. The summed E-state index contributed by atoms with van der Waals surface area (Å²) in [5, 5.41) is 95.0. The molecule has 2 saturated carbocycles. The maximum atomic E-state index is 12.6. The van der Waals surface area contributed by atoms with E-state index in [1.165, 1.54) is 12.5 Å². The molecule has 0 radical (unpaired) electrons. The van der Waals surface area contributed by atoms with Crippen molar-refractivity contribution in [1.82, 2.24) is 0 Å². The number of Topliss-reactive ketones (excluding diaryl/α,β-unsaturated/α-hetero) is 1. The molecule has 0 amide bonds. The largest absolute Gasteiger partial charge is 0.394 e. The van der Waals surface area contributed by atoms with E-state index in [2.05, 4.69) is 26.0 Å². The molecule has 21 atom stereocenters. The molecule has 3 aliphatic heterocycles. The van der Waals surface area contributed by atoms with Gasteiger partial charge in [-0.15, -0.1) is 0 Å². The fraction of sp³-hybridized carbons (Fsp3) is 0.872. The van der Waals surface area contributed by atoms with E-state index in [4.69, 9.17) is 28.4 Å².